The quantitative estimate of drug-likeness (QED) is 0.600. The van der Waals surface area contributed by atoms with Gasteiger partial charge in [0, 0.05) is 12.1 Å². The number of imidazole rings is 1. The van der Waals surface area contributed by atoms with Gasteiger partial charge in [-0.25, -0.2) is 4.98 Å². The van der Waals surface area contributed by atoms with E-state index in [1.165, 1.54) is 16.3 Å². The third-order valence-corrected chi connectivity index (χ3v) is 5.06. The van der Waals surface area contributed by atoms with Crippen LogP contribution in [0.25, 0.3) is 21.8 Å². The molecule has 0 amide bonds. The number of benzene rings is 3. The van der Waals surface area contributed by atoms with E-state index in [0.29, 0.717) is 19.8 Å². The van der Waals surface area contributed by atoms with Crippen molar-refractivity contribution in [3.05, 3.63) is 66.0 Å². The number of nitrogens with zero attached hydrogens (tertiary/aromatic N) is 2. The van der Waals surface area contributed by atoms with Crippen LogP contribution in [-0.4, -0.2) is 22.8 Å². The molecule has 2 heterocycles. The molecule has 0 aliphatic carbocycles. The summed E-state index contributed by atoms with van der Waals surface area (Å²) >= 11 is 0. The van der Waals surface area contributed by atoms with E-state index in [0.717, 1.165) is 28.4 Å². The van der Waals surface area contributed by atoms with E-state index in [2.05, 4.69) is 47.0 Å². The average molecular weight is 359 g/mol. The number of nitrogens with two attached hydrogens (primary N) is 1. The molecule has 0 saturated heterocycles. The Kier molecular flexibility index (Phi) is 3.76. The summed E-state index contributed by atoms with van der Waals surface area (Å²) in [5, 5.41) is 2.48. The molecule has 1 aliphatic rings. The first-order valence-corrected chi connectivity index (χ1v) is 9.23. The van der Waals surface area contributed by atoms with Gasteiger partial charge in [-0.05, 0) is 23.3 Å². The Labute approximate surface area is 157 Å². The topological polar surface area (TPSA) is 62.3 Å². The van der Waals surface area contributed by atoms with E-state index >= 15 is 0 Å². The monoisotopic (exact) mass is 359 g/mol. The van der Waals surface area contributed by atoms with E-state index in [9.17, 15) is 0 Å². The highest BCUT2D eigenvalue weighted by Gasteiger charge is 2.20. The van der Waals surface area contributed by atoms with Crippen LogP contribution in [0.4, 0.5) is 0 Å². The molecule has 5 nitrogen and oxygen atoms in total. The molecule has 0 spiro atoms. The summed E-state index contributed by atoms with van der Waals surface area (Å²) in [5.74, 6) is 2.38. The number of fused-ring (bicyclic) bond motifs is 3. The van der Waals surface area contributed by atoms with Crippen LogP contribution in [0.2, 0.25) is 0 Å². The lowest BCUT2D eigenvalue weighted by Crippen LogP contribution is -2.15. The SMILES string of the molecule is CC(N)c1nc2cc3c(cc2n1Cc1cccc2ccccc12)OCCO3. The van der Waals surface area contributed by atoms with Crippen LogP contribution < -0.4 is 15.2 Å². The fraction of sp³-hybridized carbons (Fsp3) is 0.227. The van der Waals surface area contributed by atoms with Gasteiger partial charge in [-0.2, -0.15) is 0 Å². The Morgan fingerprint density at radius 2 is 1.78 bits per heavy atom. The van der Waals surface area contributed by atoms with Gasteiger partial charge in [0.1, 0.15) is 19.0 Å². The van der Waals surface area contributed by atoms with E-state index in [4.69, 9.17) is 20.2 Å². The van der Waals surface area contributed by atoms with Crippen LogP contribution in [0.1, 0.15) is 24.4 Å². The molecule has 5 heteroatoms. The van der Waals surface area contributed by atoms with Crippen LogP contribution >= 0.6 is 0 Å². The predicted octanol–water partition coefficient (Wildman–Crippen LogP) is 4.03. The maximum Gasteiger partial charge on any atom is 0.163 e. The molecule has 0 fully saturated rings. The zero-order chi connectivity index (χ0) is 18.4. The summed E-state index contributed by atoms with van der Waals surface area (Å²) in [4.78, 5) is 4.80. The lowest BCUT2D eigenvalue weighted by Gasteiger charge is -2.18. The van der Waals surface area contributed by atoms with Gasteiger partial charge in [0.2, 0.25) is 0 Å². The van der Waals surface area contributed by atoms with E-state index in [1.807, 2.05) is 19.1 Å². The molecule has 1 aromatic heterocycles. The maximum atomic E-state index is 6.25. The van der Waals surface area contributed by atoms with Crippen molar-refractivity contribution < 1.29 is 9.47 Å². The molecule has 0 bridgehead atoms. The van der Waals surface area contributed by atoms with Gasteiger partial charge in [0.05, 0.1) is 23.6 Å². The van der Waals surface area contributed by atoms with Gasteiger partial charge in [-0.3, -0.25) is 0 Å². The molecule has 5 rings (SSSR count). The van der Waals surface area contributed by atoms with Crippen molar-refractivity contribution >= 4 is 21.8 Å². The third kappa shape index (κ3) is 2.71. The van der Waals surface area contributed by atoms with Crippen molar-refractivity contribution in [3.63, 3.8) is 0 Å². The van der Waals surface area contributed by atoms with Crippen LogP contribution in [0.15, 0.2) is 54.6 Å². The first kappa shape index (κ1) is 16.1. The number of rotatable bonds is 3. The third-order valence-electron chi connectivity index (χ3n) is 5.06. The number of ether oxygens (including phenoxy) is 2. The van der Waals surface area contributed by atoms with E-state index in [1.54, 1.807) is 0 Å². The fourth-order valence-corrected chi connectivity index (χ4v) is 3.79. The summed E-state index contributed by atoms with van der Waals surface area (Å²) in [7, 11) is 0. The molecule has 4 aromatic rings. The zero-order valence-electron chi connectivity index (χ0n) is 15.2. The number of hydrogen-bond acceptors (Lipinski definition) is 4. The fourth-order valence-electron chi connectivity index (χ4n) is 3.79. The van der Waals surface area contributed by atoms with Crippen molar-refractivity contribution in [2.24, 2.45) is 5.73 Å². The molecule has 27 heavy (non-hydrogen) atoms. The smallest absolute Gasteiger partial charge is 0.163 e. The Bertz CT molecular complexity index is 1140. The van der Waals surface area contributed by atoms with Gasteiger partial charge in [0.15, 0.2) is 11.5 Å². The van der Waals surface area contributed by atoms with Crippen molar-refractivity contribution in [1.82, 2.24) is 9.55 Å². The molecule has 136 valence electrons. The largest absolute Gasteiger partial charge is 0.486 e. The molecule has 0 saturated carbocycles. The van der Waals surface area contributed by atoms with Crippen LogP contribution in [0.5, 0.6) is 11.5 Å². The Morgan fingerprint density at radius 1 is 1.04 bits per heavy atom. The first-order chi connectivity index (χ1) is 13.2. The lowest BCUT2D eigenvalue weighted by atomic mass is 10.0. The lowest BCUT2D eigenvalue weighted by molar-refractivity contribution is 0.172. The summed E-state index contributed by atoms with van der Waals surface area (Å²) in [6.07, 6.45) is 0. The second-order valence-electron chi connectivity index (χ2n) is 6.97. The molecule has 1 aliphatic heterocycles. The van der Waals surface area contributed by atoms with Gasteiger partial charge in [-0.15, -0.1) is 0 Å². The highest BCUT2D eigenvalue weighted by Crippen LogP contribution is 2.36. The molecular formula is C22H21N3O2. The van der Waals surface area contributed by atoms with Crippen LogP contribution in [0, 0.1) is 0 Å². The van der Waals surface area contributed by atoms with Crippen molar-refractivity contribution in [1.29, 1.82) is 0 Å². The summed E-state index contributed by atoms with van der Waals surface area (Å²) in [6, 6.07) is 18.6. The minimum Gasteiger partial charge on any atom is -0.486 e. The molecular weight excluding hydrogens is 338 g/mol. The molecule has 1 atom stereocenters. The first-order valence-electron chi connectivity index (χ1n) is 9.23. The second-order valence-corrected chi connectivity index (χ2v) is 6.97. The van der Waals surface area contributed by atoms with Crippen molar-refractivity contribution in [2.45, 2.75) is 19.5 Å². The zero-order valence-corrected chi connectivity index (χ0v) is 15.2. The Hall–Kier alpha value is -3.05. The Balaban J connectivity index is 1.70. The van der Waals surface area contributed by atoms with Gasteiger partial charge in [0.25, 0.3) is 0 Å². The highest BCUT2D eigenvalue weighted by atomic mass is 16.6. The normalized spacial score (nSPS) is 14.6. The summed E-state index contributed by atoms with van der Waals surface area (Å²) in [5.41, 5.74) is 9.39. The standard InChI is InChI=1S/C22H21N3O2/c1-14(23)22-24-18-11-20-21(27-10-9-26-20)12-19(18)25(22)13-16-7-4-6-15-5-2-3-8-17(15)16/h2-8,11-12,14H,9-10,13,23H2,1H3. The molecule has 1 unspecified atom stereocenters. The summed E-state index contributed by atoms with van der Waals surface area (Å²) < 4.78 is 13.7. The predicted molar refractivity (Wildman–Crippen MR) is 106 cm³/mol. The second kappa shape index (κ2) is 6.28. The molecule has 3 aromatic carbocycles. The minimum absolute atomic E-state index is 0.175. The minimum atomic E-state index is -0.175. The Morgan fingerprint density at radius 3 is 2.59 bits per heavy atom. The maximum absolute atomic E-state index is 6.25. The van der Waals surface area contributed by atoms with Crippen molar-refractivity contribution in [2.75, 3.05) is 13.2 Å². The van der Waals surface area contributed by atoms with Crippen LogP contribution in [0.3, 0.4) is 0 Å². The van der Waals surface area contributed by atoms with Gasteiger partial charge >= 0.3 is 0 Å². The number of hydrogen-bond donors (Lipinski definition) is 1. The van der Waals surface area contributed by atoms with Crippen LogP contribution in [-0.2, 0) is 6.54 Å². The van der Waals surface area contributed by atoms with E-state index < -0.39 is 0 Å². The average Bonchev–Trinajstić information content (AvgIpc) is 3.04. The van der Waals surface area contributed by atoms with Gasteiger partial charge < -0.3 is 19.8 Å². The summed E-state index contributed by atoms with van der Waals surface area (Å²) in [6.45, 7) is 3.80. The molecule has 2 N–H and O–H groups in total. The van der Waals surface area contributed by atoms with E-state index in [-0.39, 0.29) is 6.04 Å². The van der Waals surface area contributed by atoms with Crippen molar-refractivity contribution in [3.8, 4) is 11.5 Å². The number of aromatic nitrogens is 2. The molecule has 0 radical (unpaired) electrons. The van der Waals surface area contributed by atoms with Gasteiger partial charge in [-0.1, -0.05) is 42.5 Å². The highest BCUT2D eigenvalue weighted by molar-refractivity contribution is 5.86.